The van der Waals surface area contributed by atoms with E-state index in [9.17, 15) is 4.39 Å². The molecule has 0 bridgehead atoms. The number of hydrogen-bond donors (Lipinski definition) is 1. The van der Waals surface area contributed by atoms with Gasteiger partial charge >= 0.3 is 0 Å². The average Bonchev–Trinajstić information content (AvgIpc) is 3.12. The molecule has 0 amide bonds. The maximum Gasteiger partial charge on any atom is 0.148 e. The largest absolute Gasteiger partial charge is 0.368 e. The minimum atomic E-state index is -0.277. The third-order valence-corrected chi connectivity index (χ3v) is 5.82. The highest BCUT2D eigenvalue weighted by atomic mass is 32.1. The van der Waals surface area contributed by atoms with Gasteiger partial charge in [-0.1, -0.05) is 6.42 Å². The molecule has 0 aliphatic heterocycles. The van der Waals surface area contributed by atoms with Crippen LogP contribution >= 0.6 is 11.3 Å². The fraction of sp³-hybridized carbons (Fsp3) is 0.263. The molecule has 130 valence electrons. The Bertz CT molecular complexity index is 957. The van der Waals surface area contributed by atoms with Crippen molar-refractivity contribution in [3.8, 4) is 16.6 Å². The second-order valence-electron chi connectivity index (χ2n) is 6.40. The maximum atomic E-state index is 14.2. The summed E-state index contributed by atoms with van der Waals surface area (Å²) in [6.45, 7) is 0.576. The lowest BCUT2D eigenvalue weighted by atomic mass is 9.66. The maximum absolute atomic E-state index is 14.2. The van der Waals surface area contributed by atoms with Crippen LogP contribution in [0.4, 0.5) is 10.2 Å². The third kappa shape index (κ3) is 3.04. The molecule has 1 saturated carbocycles. The summed E-state index contributed by atoms with van der Waals surface area (Å²) in [5.74, 6) is 0.398. The Kier molecular flexibility index (Phi) is 4.35. The molecule has 3 aromatic rings. The number of nitriles is 1. The van der Waals surface area contributed by atoms with Crippen molar-refractivity contribution in [1.82, 2.24) is 15.2 Å². The first-order chi connectivity index (χ1) is 12.7. The normalized spacial score (nSPS) is 15.1. The Balaban J connectivity index is 1.48. The lowest BCUT2D eigenvalue weighted by Gasteiger charge is -2.41. The van der Waals surface area contributed by atoms with Crippen molar-refractivity contribution < 1.29 is 4.39 Å². The van der Waals surface area contributed by atoms with Crippen molar-refractivity contribution in [3.05, 3.63) is 59.0 Å². The van der Waals surface area contributed by atoms with Crippen molar-refractivity contribution in [2.24, 2.45) is 0 Å². The highest BCUT2D eigenvalue weighted by molar-refractivity contribution is 7.15. The molecule has 1 fully saturated rings. The van der Waals surface area contributed by atoms with Crippen LogP contribution in [-0.2, 0) is 5.41 Å². The predicted octanol–water partition coefficient (Wildman–Crippen LogP) is 4.14. The molecule has 1 aliphatic rings. The van der Waals surface area contributed by atoms with E-state index in [0.29, 0.717) is 22.9 Å². The van der Waals surface area contributed by atoms with E-state index in [0.717, 1.165) is 29.8 Å². The number of nitrogens with one attached hydrogen (secondary N) is 1. The molecule has 0 spiro atoms. The van der Waals surface area contributed by atoms with Gasteiger partial charge in [0.25, 0.3) is 0 Å². The number of thiophene rings is 1. The summed E-state index contributed by atoms with van der Waals surface area (Å²) in [4.78, 5) is 5.83. The number of halogens is 1. The third-order valence-electron chi connectivity index (χ3n) is 4.81. The molecular weight excluding hydrogens is 349 g/mol. The van der Waals surface area contributed by atoms with Gasteiger partial charge in [0.1, 0.15) is 28.3 Å². The van der Waals surface area contributed by atoms with Crippen LogP contribution in [0, 0.1) is 17.1 Å². The average molecular weight is 365 g/mol. The van der Waals surface area contributed by atoms with Crippen molar-refractivity contribution in [3.63, 3.8) is 0 Å². The van der Waals surface area contributed by atoms with E-state index >= 15 is 0 Å². The van der Waals surface area contributed by atoms with E-state index in [1.165, 1.54) is 17.4 Å². The summed E-state index contributed by atoms with van der Waals surface area (Å²) >= 11 is 1.39. The number of pyridine rings is 1. The Hall–Kier alpha value is -2.85. The molecule has 26 heavy (non-hydrogen) atoms. The SMILES string of the molecule is N#Cc1ccc(-c2ccc(NCC3(c4ncccc4F)CCC3)nn2)s1. The van der Waals surface area contributed by atoms with E-state index in [1.807, 2.05) is 18.2 Å². The highest BCUT2D eigenvalue weighted by Crippen LogP contribution is 2.43. The van der Waals surface area contributed by atoms with Gasteiger partial charge in [-0.3, -0.25) is 4.98 Å². The van der Waals surface area contributed by atoms with Gasteiger partial charge in [0.05, 0.1) is 10.6 Å². The van der Waals surface area contributed by atoms with Crippen LogP contribution < -0.4 is 5.32 Å². The zero-order valence-electron chi connectivity index (χ0n) is 13.9. The van der Waals surface area contributed by atoms with Crippen LogP contribution in [0.25, 0.3) is 10.6 Å². The van der Waals surface area contributed by atoms with E-state index in [2.05, 4.69) is 26.6 Å². The number of aromatic nitrogens is 3. The summed E-state index contributed by atoms with van der Waals surface area (Å²) in [5, 5.41) is 20.6. The molecule has 3 heterocycles. The molecule has 4 rings (SSSR count). The summed E-state index contributed by atoms with van der Waals surface area (Å²) in [6, 6.07) is 12.6. The van der Waals surface area contributed by atoms with E-state index in [1.54, 1.807) is 18.3 Å². The number of hydrogen-bond acceptors (Lipinski definition) is 6. The molecule has 5 nitrogen and oxygen atoms in total. The van der Waals surface area contributed by atoms with Gasteiger partial charge in [0.15, 0.2) is 0 Å². The van der Waals surface area contributed by atoms with Crippen LogP contribution in [0.2, 0.25) is 0 Å². The van der Waals surface area contributed by atoms with E-state index < -0.39 is 0 Å². The predicted molar refractivity (Wildman–Crippen MR) is 98.3 cm³/mol. The van der Waals surface area contributed by atoms with Crippen molar-refractivity contribution >= 4 is 17.2 Å². The summed E-state index contributed by atoms with van der Waals surface area (Å²) in [7, 11) is 0. The molecule has 0 radical (unpaired) electrons. The molecule has 1 N–H and O–H groups in total. The Morgan fingerprint density at radius 1 is 1.19 bits per heavy atom. The first kappa shape index (κ1) is 16.6. The summed E-state index contributed by atoms with van der Waals surface area (Å²) in [5.41, 5.74) is 0.989. The van der Waals surface area contributed by atoms with Crippen LogP contribution in [-0.4, -0.2) is 21.7 Å². The first-order valence-corrected chi connectivity index (χ1v) is 9.21. The van der Waals surface area contributed by atoms with Gasteiger partial charge in [-0.25, -0.2) is 4.39 Å². The van der Waals surface area contributed by atoms with Gasteiger partial charge in [-0.05, 0) is 49.2 Å². The molecule has 1 aliphatic carbocycles. The lowest BCUT2D eigenvalue weighted by Crippen LogP contribution is -2.42. The fourth-order valence-electron chi connectivity index (χ4n) is 3.23. The molecule has 0 unspecified atom stereocenters. The van der Waals surface area contributed by atoms with Crippen LogP contribution in [0.3, 0.4) is 0 Å². The van der Waals surface area contributed by atoms with E-state index in [4.69, 9.17) is 5.26 Å². The van der Waals surface area contributed by atoms with Gasteiger partial charge in [0.2, 0.25) is 0 Å². The van der Waals surface area contributed by atoms with Crippen LogP contribution in [0.15, 0.2) is 42.6 Å². The smallest absolute Gasteiger partial charge is 0.148 e. The van der Waals surface area contributed by atoms with Crippen molar-refractivity contribution in [1.29, 1.82) is 5.26 Å². The highest BCUT2D eigenvalue weighted by Gasteiger charge is 2.41. The monoisotopic (exact) mass is 365 g/mol. The summed E-state index contributed by atoms with van der Waals surface area (Å²) in [6.07, 6.45) is 4.53. The van der Waals surface area contributed by atoms with Crippen molar-refractivity contribution in [2.75, 3.05) is 11.9 Å². The van der Waals surface area contributed by atoms with Crippen molar-refractivity contribution in [2.45, 2.75) is 24.7 Å². The number of anilines is 1. The molecule has 3 aromatic heterocycles. The second-order valence-corrected chi connectivity index (χ2v) is 7.48. The van der Waals surface area contributed by atoms with Gasteiger partial charge < -0.3 is 5.32 Å². The quantitative estimate of drug-likeness (QED) is 0.735. The van der Waals surface area contributed by atoms with Gasteiger partial charge in [0, 0.05) is 18.2 Å². The zero-order chi connectivity index (χ0) is 18.0. The first-order valence-electron chi connectivity index (χ1n) is 8.39. The van der Waals surface area contributed by atoms with E-state index in [-0.39, 0.29) is 11.2 Å². The second kappa shape index (κ2) is 6.81. The molecule has 7 heteroatoms. The topological polar surface area (TPSA) is 74.5 Å². The van der Waals surface area contributed by atoms with Crippen LogP contribution in [0.5, 0.6) is 0 Å². The standard InChI is InChI=1S/C19H16FN5S/c20-14-3-1-10-22-18(14)19(8-2-9-19)12-23-17-7-5-15(24-25-17)16-6-4-13(11-21)26-16/h1,3-7,10H,2,8-9,12H2,(H,23,25). The number of rotatable bonds is 5. The molecule has 0 aromatic carbocycles. The van der Waals surface area contributed by atoms with Crippen LogP contribution in [0.1, 0.15) is 29.8 Å². The Labute approximate surface area is 154 Å². The Morgan fingerprint density at radius 3 is 2.69 bits per heavy atom. The minimum Gasteiger partial charge on any atom is -0.368 e. The molecule has 0 saturated heterocycles. The Morgan fingerprint density at radius 2 is 2.08 bits per heavy atom. The molecule has 0 atom stereocenters. The number of nitrogens with zero attached hydrogens (tertiary/aromatic N) is 4. The molecular formula is C19H16FN5S. The fourth-order valence-corrected chi connectivity index (χ4v) is 4.00. The lowest BCUT2D eigenvalue weighted by molar-refractivity contribution is 0.243. The summed E-state index contributed by atoms with van der Waals surface area (Å²) < 4.78 is 14.2. The van der Waals surface area contributed by atoms with Gasteiger partial charge in [-0.15, -0.1) is 21.5 Å². The van der Waals surface area contributed by atoms with Gasteiger partial charge in [-0.2, -0.15) is 5.26 Å². The minimum absolute atomic E-state index is 0.249. The zero-order valence-corrected chi connectivity index (χ0v) is 14.8.